The lowest BCUT2D eigenvalue weighted by Gasteiger charge is -2.45. The number of nitrogens with one attached hydrogen (secondary N) is 1. The van der Waals surface area contributed by atoms with Crippen LogP contribution in [0.25, 0.3) is 0 Å². The molecule has 1 aliphatic heterocycles. The van der Waals surface area contributed by atoms with Crippen molar-refractivity contribution < 1.29 is 14.3 Å². The van der Waals surface area contributed by atoms with Crippen LogP contribution < -0.4 is 5.32 Å². The second kappa shape index (κ2) is 6.37. The molecule has 0 aliphatic carbocycles. The molecular formula is C14H26N2O3. The summed E-state index contributed by atoms with van der Waals surface area (Å²) in [4.78, 5) is 26.4. The molecule has 0 aromatic carbocycles. The maximum absolute atomic E-state index is 12.6. The smallest absolute Gasteiger partial charge is 0.246 e. The maximum atomic E-state index is 12.6. The molecule has 0 aromatic rings. The second-order valence-electron chi connectivity index (χ2n) is 5.73. The zero-order valence-electron chi connectivity index (χ0n) is 12.7. The number of methoxy groups -OCH3 is 1. The number of nitrogens with zero attached hydrogens (tertiary/aromatic N) is 1. The molecule has 1 N–H and O–H groups in total. The van der Waals surface area contributed by atoms with Gasteiger partial charge in [0.25, 0.3) is 0 Å². The highest BCUT2D eigenvalue weighted by Crippen LogP contribution is 2.25. The van der Waals surface area contributed by atoms with Crippen molar-refractivity contribution in [2.24, 2.45) is 5.92 Å². The van der Waals surface area contributed by atoms with Crippen molar-refractivity contribution in [3.63, 3.8) is 0 Å². The summed E-state index contributed by atoms with van der Waals surface area (Å²) in [5.41, 5.74) is -0.783. The lowest BCUT2D eigenvalue weighted by Crippen LogP contribution is -2.69. The molecule has 1 fully saturated rings. The van der Waals surface area contributed by atoms with Gasteiger partial charge in [0.2, 0.25) is 11.8 Å². The zero-order chi connectivity index (χ0) is 14.6. The number of hydrogen-bond donors (Lipinski definition) is 1. The van der Waals surface area contributed by atoms with E-state index >= 15 is 0 Å². The van der Waals surface area contributed by atoms with Gasteiger partial charge in [0.05, 0.1) is 0 Å². The highest BCUT2D eigenvalue weighted by molar-refractivity contribution is 5.99. The molecule has 1 aliphatic rings. The molecule has 5 nitrogen and oxygen atoms in total. The van der Waals surface area contributed by atoms with E-state index in [4.69, 9.17) is 4.74 Å². The molecule has 0 spiro atoms. The summed E-state index contributed by atoms with van der Waals surface area (Å²) < 4.78 is 5.02. The minimum Gasteiger partial charge on any atom is -0.385 e. The van der Waals surface area contributed by atoms with Gasteiger partial charge in [0.1, 0.15) is 11.6 Å². The molecule has 1 saturated heterocycles. The van der Waals surface area contributed by atoms with E-state index in [0.717, 1.165) is 12.8 Å². The van der Waals surface area contributed by atoms with Gasteiger partial charge in [0.15, 0.2) is 0 Å². The molecule has 0 radical (unpaired) electrons. The van der Waals surface area contributed by atoms with Crippen LogP contribution in [0.4, 0.5) is 0 Å². The van der Waals surface area contributed by atoms with Crippen LogP contribution in [0.15, 0.2) is 0 Å². The van der Waals surface area contributed by atoms with Crippen molar-refractivity contribution in [2.45, 2.75) is 52.1 Å². The van der Waals surface area contributed by atoms with Crippen LogP contribution in [0.1, 0.15) is 40.5 Å². The summed E-state index contributed by atoms with van der Waals surface area (Å²) in [6.07, 6.45) is 1.61. The monoisotopic (exact) mass is 270 g/mol. The average Bonchev–Trinajstić information content (AvgIpc) is 2.37. The Hall–Kier alpha value is -1.10. The predicted octanol–water partition coefficient (Wildman–Crippen LogP) is 1.17. The molecule has 1 heterocycles. The fourth-order valence-electron chi connectivity index (χ4n) is 2.32. The fourth-order valence-corrected chi connectivity index (χ4v) is 2.32. The zero-order valence-corrected chi connectivity index (χ0v) is 12.7. The summed E-state index contributed by atoms with van der Waals surface area (Å²) in [7, 11) is 1.64. The second-order valence-corrected chi connectivity index (χ2v) is 5.73. The minimum atomic E-state index is -0.783. The quantitative estimate of drug-likeness (QED) is 0.737. The molecule has 0 aromatic heterocycles. The Morgan fingerprint density at radius 1 is 1.42 bits per heavy atom. The summed E-state index contributed by atoms with van der Waals surface area (Å²) in [6.45, 7) is 8.75. The van der Waals surface area contributed by atoms with Gasteiger partial charge in [-0.15, -0.1) is 0 Å². The van der Waals surface area contributed by atoms with Crippen LogP contribution in [0.5, 0.6) is 0 Å². The average molecular weight is 270 g/mol. The van der Waals surface area contributed by atoms with Gasteiger partial charge in [-0.1, -0.05) is 20.3 Å². The third-order valence-corrected chi connectivity index (χ3v) is 3.99. The van der Waals surface area contributed by atoms with E-state index in [1.807, 2.05) is 13.8 Å². The number of hydrogen-bond acceptors (Lipinski definition) is 3. The Morgan fingerprint density at radius 3 is 2.58 bits per heavy atom. The number of piperazine rings is 1. The largest absolute Gasteiger partial charge is 0.385 e. The first kappa shape index (κ1) is 16.0. The number of rotatable bonds is 6. The van der Waals surface area contributed by atoms with Gasteiger partial charge in [-0.05, 0) is 26.2 Å². The molecule has 0 saturated carbocycles. The van der Waals surface area contributed by atoms with Crippen molar-refractivity contribution >= 4 is 11.8 Å². The van der Waals surface area contributed by atoms with E-state index in [1.165, 1.54) is 0 Å². The summed E-state index contributed by atoms with van der Waals surface area (Å²) >= 11 is 0. The highest BCUT2D eigenvalue weighted by atomic mass is 16.5. The number of ether oxygens (including phenoxy) is 1. The highest BCUT2D eigenvalue weighted by Gasteiger charge is 2.46. The van der Waals surface area contributed by atoms with E-state index in [-0.39, 0.29) is 17.7 Å². The number of carbonyl (C=O) groups is 2. The van der Waals surface area contributed by atoms with Gasteiger partial charge in [0, 0.05) is 20.3 Å². The number of amides is 2. The topological polar surface area (TPSA) is 58.6 Å². The van der Waals surface area contributed by atoms with Crippen LogP contribution >= 0.6 is 0 Å². The fraction of sp³-hybridized carbons (Fsp3) is 0.857. The van der Waals surface area contributed by atoms with Crippen molar-refractivity contribution in [1.29, 1.82) is 0 Å². The van der Waals surface area contributed by atoms with Gasteiger partial charge < -0.3 is 15.0 Å². The van der Waals surface area contributed by atoms with Crippen molar-refractivity contribution in [3.8, 4) is 0 Å². The Morgan fingerprint density at radius 2 is 2.05 bits per heavy atom. The Kier molecular flexibility index (Phi) is 5.35. The molecule has 2 amide bonds. The molecule has 0 bridgehead atoms. The SMILES string of the molecule is CCC(C)C1NC(=O)C(C)(C)N(CCCOC)C1=O. The normalized spacial score (nSPS) is 24.3. The van der Waals surface area contributed by atoms with Crippen LogP contribution in [0.3, 0.4) is 0 Å². The first-order chi connectivity index (χ1) is 8.86. The van der Waals surface area contributed by atoms with Crippen molar-refractivity contribution in [1.82, 2.24) is 10.2 Å². The standard InChI is InChI=1S/C14H26N2O3/c1-6-10(2)11-12(17)16(8-7-9-19-5)14(3,4)13(18)15-11/h10-11H,6-9H2,1-5H3,(H,15,18). The van der Waals surface area contributed by atoms with Crippen LogP contribution in [-0.2, 0) is 14.3 Å². The third-order valence-electron chi connectivity index (χ3n) is 3.99. The Bertz CT molecular complexity index is 342. The molecular weight excluding hydrogens is 244 g/mol. The maximum Gasteiger partial charge on any atom is 0.246 e. The molecule has 1 rings (SSSR count). The Labute approximate surface area is 115 Å². The van der Waals surface area contributed by atoms with Crippen LogP contribution in [0.2, 0.25) is 0 Å². The van der Waals surface area contributed by atoms with E-state index in [2.05, 4.69) is 5.32 Å². The molecule has 2 unspecified atom stereocenters. The van der Waals surface area contributed by atoms with E-state index < -0.39 is 11.6 Å². The van der Waals surface area contributed by atoms with Gasteiger partial charge in [-0.3, -0.25) is 9.59 Å². The first-order valence-corrected chi connectivity index (χ1v) is 6.97. The number of carbonyl (C=O) groups excluding carboxylic acids is 2. The third kappa shape index (κ3) is 3.26. The van der Waals surface area contributed by atoms with Crippen LogP contribution in [0, 0.1) is 5.92 Å². The molecule has 5 heteroatoms. The summed E-state index contributed by atoms with van der Waals surface area (Å²) in [6, 6.07) is -0.395. The molecule has 19 heavy (non-hydrogen) atoms. The summed E-state index contributed by atoms with van der Waals surface area (Å²) in [5, 5.41) is 2.87. The lowest BCUT2D eigenvalue weighted by molar-refractivity contribution is -0.157. The lowest BCUT2D eigenvalue weighted by atomic mass is 9.89. The van der Waals surface area contributed by atoms with Crippen molar-refractivity contribution in [3.05, 3.63) is 0 Å². The van der Waals surface area contributed by atoms with Gasteiger partial charge in [-0.25, -0.2) is 0 Å². The molecule has 2 atom stereocenters. The van der Waals surface area contributed by atoms with E-state index in [9.17, 15) is 9.59 Å². The van der Waals surface area contributed by atoms with E-state index in [0.29, 0.717) is 13.2 Å². The summed E-state index contributed by atoms with van der Waals surface area (Å²) in [5.74, 6) is 0.0994. The van der Waals surface area contributed by atoms with Crippen LogP contribution in [-0.4, -0.2) is 48.6 Å². The predicted molar refractivity (Wildman–Crippen MR) is 73.7 cm³/mol. The van der Waals surface area contributed by atoms with E-state index in [1.54, 1.807) is 25.9 Å². The Balaban J connectivity index is 2.87. The van der Waals surface area contributed by atoms with Gasteiger partial charge >= 0.3 is 0 Å². The first-order valence-electron chi connectivity index (χ1n) is 6.97. The molecule has 110 valence electrons. The van der Waals surface area contributed by atoms with Crippen molar-refractivity contribution in [2.75, 3.05) is 20.3 Å². The van der Waals surface area contributed by atoms with Gasteiger partial charge in [-0.2, -0.15) is 0 Å². The minimum absolute atomic E-state index is 0.0232.